The molecule has 0 bridgehead atoms. The van der Waals surface area contributed by atoms with Crippen molar-refractivity contribution in [2.75, 3.05) is 0 Å². The minimum atomic E-state index is -0.0916. The molecular formula is C18H14O2. The predicted octanol–water partition coefficient (Wildman–Crippen LogP) is 3.99. The first kappa shape index (κ1) is 12.5. The Kier molecular flexibility index (Phi) is 2.87. The molecular weight excluding hydrogens is 248 g/mol. The number of hydrogen-bond acceptors (Lipinski definition) is 2. The van der Waals surface area contributed by atoms with Gasteiger partial charge in [0.1, 0.15) is 0 Å². The van der Waals surface area contributed by atoms with E-state index in [9.17, 15) is 9.59 Å². The molecule has 0 aromatic heterocycles. The van der Waals surface area contributed by atoms with Crippen molar-refractivity contribution in [3.8, 4) is 11.1 Å². The van der Waals surface area contributed by atoms with Crippen molar-refractivity contribution in [2.24, 2.45) is 0 Å². The summed E-state index contributed by atoms with van der Waals surface area (Å²) < 4.78 is 0. The lowest BCUT2D eigenvalue weighted by Gasteiger charge is -2.14. The van der Waals surface area contributed by atoms with Crippen LogP contribution in [-0.2, 0) is 0 Å². The second-order valence-electron chi connectivity index (χ2n) is 5.15. The fourth-order valence-electron chi connectivity index (χ4n) is 2.42. The molecule has 2 nitrogen and oxygen atoms in total. The standard InChI is InChI=1S/C18H14O2/c1-11-3-5-13(6-4-11)14-7-8-15-16(10-14)17(19)9-12(2)18(15)20/h3-10H,1-2H3. The van der Waals surface area contributed by atoms with Crippen molar-refractivity contribution in [1.82, 2.24) is 0 Å². The van der Waals surface area contributed by atoms with Crippen LogP contribution in [0, 0.1) is 6.92 Å². The summed E-state index contributed by atoms with van der Waals surface area (Å²) >= 11 is 0. The second-order valence-corrected chi connectivity index (χ2v) is 5.15. The quantitative estimate of drug-likeness (QED) is 0.778. The fourth-order valence-corrected chi connectivity index (χ4v) is 2.42. The smallest absolute Gasteiger partial charge is 0.189 e. The number of hydrogen-bond donors (Lipinski definition) is 0. The average Bonchev–Trinajstić information content (AvgIpc) is 2.45. The molecule has 0 fully saturated rings. The molecule has 0 saturated carbocycles. The number of carbonyl (C=O) groups is 2. The number of benzene rings is 2. The lowest BCUT2D eigenvalue weighted by molar-refractivity contribution is 0.0984. The van der Waals surface area contributed by atoms with E-state index >= 15 is 0 Å². The van der Waals surface area contributed by atoms with Crippen LogP contribution in [0.3, 0.4) is 0 Å². The molecule has 0 amide bonds. The number of fused-ring (bicyclic) bond motifs is 1. The van der Waals surface area contributed by atoms with E-state index in [0.717, 1.165) is 11.1 Å². The van der Waals surface area contributed by atoms with Gasteiger partial charge in [-0.15, -0.1) is 0 Å². The molecule has 0 heterocycles. The Morgan fingerprint density at radius 2 is 1.40 bits per heavy atom. The second kappa shape index (κ2) is 4.57. The van der Waals surface area contributed by atoms with E-state index in [2.05, 4.69) is 0 Å². The molecule has 0 saturated heterocycles. The van der Waals surface area contributed by atoms with Gasteiger partial charge in [0, 0.05) is 16.7 Å². The average molecular weight is 262 g/mol. The lowest BCUT2D eigenvalue weighted by Crippen LogP contribution is -2.15. The third kappa shape index (κ3) is 1.99. The molecule has 0 atom stereocenters. The lowest BCUT2D eigenvalue weighted by atomic mass is 9.88. The molecule has 2 aromatic rings. The zero-order valence-electron chi connectivity index (χ0n) is 11.4. The maximum atomic E-state index is 12.1. The first-order valence-corrected chi connectivity index (χ1v) is 6.54. The summed E-state index contributed by atoms with van der Waals surface area (Å²) in [6.07, 6.45) is 1.42. The van der Waals surface area contributed by atoms with Gasteiger partial charge in [0.05, 0.1) is 0 Å². The van der Waals surface area contributed by atoms with Gasteiger partial charge in [-0.05, 0) is 43.2 Å². The maximum absolute atomic E-state index is 12.1. The van der Waals surface area contributed by atoms with E-state index < -0.39 is 0 Å². The summed E-state index contributed by atoms with van der Waals surface area (Å²) in [5, 5.41) is 0. The summed E-state index contributed by atoms with van der Waals surface area (Å²) in [6, 6.07) is 13.6. The van der Waals surface area contributed by atoms with Crippen LogP contribution in [0.5, 0.6) is 0 Å². The van der Waals surface area contributed by atoms with Crippen LogP contribution < -0.4 is 0 Å². The molecule has 2 aromatic carbocycles. The Balaban J connectivity index is 2.12. The summed E-state index contributed by atoms with van der Waals surface area (Å²) in [7, 11) is 0. The molecule has 98 valence electrons. The molecule has 1 aliphatic rings. The predicted molar refractivity (Wildman–Crippen MR) is 79.0 cm³/mol. The highest BCUT2D eigenvalue weighted by atomic mass is 16.1. The Hall–Kier alpha value is -2.48. The Morgan fingerprint density at radius 1 is 0.750 bits per heavy atom. The van der Waals surface area contributed by atoms with Crippen LogP contribution in [0.2, 0.25) is 0 Å². The monoisotopic (exact) mass is 262 g/mol. The van der Waals surface area contributed by atoms with Gasteiger partial charge in [0.25, 0.3) is 0 Å². The molecule has 0 N–H and O–H groups in total. The third-order valence-corrected chi connectivity index (χ3v) is 3.62. The molecule has 0 spiro atoms. The van der Waals surface area contributed by atoms with Crippen molar-refractivity contribution >= 4 is 11.6 Å². The topological polar surface area (TPSA) is 34.1 Å². The van der Waals surface area contributed by atoms with Gasteiger partial charge in [-0.1, -0.05) is 35.9 Å². The Bertz CT molecular complexity index is 749. The molecule has 20 heavy (non-hydrogen) atoms. The molecule has 3 rings (SSSR count). The van der Waals surface area contributed by atoms with Crippen LogP contribution in [0.25, 0.3) is 11.1 Å². The normalized spacial score (nSPS) is 14.0. The minimum Gasteiger partial charge on any atom is -0.289 e. The summed E-state index contributed by atoms with van der Waals surface area (Å²) in [5.41, 5.74) is 4.70. The molecule has 0 aliphatic heterocycles. The minimum absolute atomic E-state index is 0.0601. The van der Waals surface area contributed by atoms with Crippen molar-refractivity contribution in [2.45, 2.75) is 13.8 Å². The molecule has 1 aliphatic carbocycles. The fraction of sp³-hybridized carbons (Fsp3) is 0.111. The van der Waals surface area contributed by atoms with E-state index in [0.29, 0.717) is 16.7 Å². The van der Waals surface area contributed by atoms with E-state index in [1.54, 1.807) is 13.0 Å². The van der Waals surface area contributed by atoms with Crippen LogP contribution in [0.1, 0.15) is 33.2 Å². The SMILES string of the molecule is CC1=CC(=O)c2cc(-c3ccc(C)cc3)ccc2C1=O. The number of ketones is 2. The number of carbonyl (C=O) groups excluding carboxylic acids is 2. The first-order chi connectivity index (χ1) is 9.56. The largest absolute Gasteiger partial charge is 0.289 e. The zero-order chi connectivity index (χ0) is 14.3. The van der Waals surface area contributed by atoms with Gasteiger partial charge < -0.3 is 0 Å². The van der Waals surface area contributed by atoms with Gasteiger partial charge in [-0.2, -0.15) is 0 Å². The van der Waals surface area contributed by atoms with Crippen molar-refractivity contribution < 1.29 is 9.59 Å². The number of aryl methyl sites for hydroxylation is 1. The van der Waals surface area contributed by atoms with Crippen LogP contribution in [0.4, 0.5) is 0 Å². The van der Waals surface area contributed by atoms with Crippen LogP contribution in [-0.4, -0.2) is 11.6 Å². The maximum Gasteiger partial charge on any atom is 0.189 e. The number of allylic oxidation sites excluding steroid dienone is 2. The van der Waals surface area contributed by atoms with Crippen molar-refractivity contribution in [1.29, 1.82) is 0 Å². The number of rotatable bonds is 1. The molecule has 2 heteroatoms. The number of Topliss-reactive ketones (excluding diaryl/α,β-unsaturated/α-hetero) is 1. The van der Waals surface area contributed by atoms with Gasteiger partial charge in [-0.3, -0.25) is 9.59 Å². The van der Waals surface area contributed by atoms with Gasteiger partial charge in [-0.25, -0.2) is 0 Å². The van der Waals surface area contributed by atoms with Gasteiger partial charge in [0.15, 0.2) is 11.6 Å². The highest BCUT2D eigenvalue weighted by Gasteiger charge is 2.23. The zero-order valence-corrected chi connectivity index (χ0v) is 11.4. The summed E-state index contributed by atoms with van der Waals surface area (Å²) in [6.45, 7) is 3.71. The Morgan fingerprint density at radius 3 is 2.10 bits per heavy atom. The molecule has 0 radical (unpaired) electrons. The van der Waals surface area contributed by atoms with E-state index in [4.69, 9.17) is 0 Å². The van der Waals surface area contributed by atoms with E-state index in [1.807, 2.05) is 43.3 Å². The molecule has 0 unspecified atom stereocenters. The highest BCUT2D eigenvalue weighted by Crippen LogP contribution is 2.27. The third-order valence-electron chi connectivity index (χ3n) is 3.62. The highest BCUT2D eigenvalue weighted by molar-refractivity contribution is 6.24. The van der Waals surface area contributed by atoms with Gasteiger partial charge >= 0.3 is 0 Å². The van der Waals surface area contributed by atoms with Crippen molar-refractivity contribution in [3.63, 3.8) is 0 Å². The Labute approximate surface area is 117 Å². The first-order valence-electron chi connectivity index (χ1n) is 6.54. The van der Waals surface area contributed by atoms with E-state index in [1.165, 1.54) is 11.6 Å². The van der Waals surface area contributed by atoms with E-state index in [-0.39, 0.29) is 11.6 Å². The summed E-state index contributed by atoms with van der Waals surface area (Å²) in [5.74, 6) is -0.152. The van der Waals surface area contributed by atoms with Crippen LogP contribution >= 0.6 is 0 Å². The van der Waals surface area contributed by atoms with Crippen LogP contribution in [0.15, 0.2) is 54.1 Å². The van der Waals surface area contributed by atoms with Gasteiger partial charge in [0.2, 0.25) is 0 Å². The van der Waals surface area contributed by atoms with Crippen molar-refractivity contribution in [3.05, 3.63) is 70.8 Å². The summed E-state index contributed by atoms with van der Waals surface area (Å²) in [4.78, 5) is 24.1.